The van der Waals surface area contributed by atoms with Crippen LogP contribution in [0, 0.1) is 11.8 Å². The smallest absolute Gasteiger partial charge is 0.244 e. The molecule has 2 rings (SSSR count). The zero-order valence-corrected chi connectivity index (χ0v) is 16.3. The molecule has 0 bridgehead atoms. The van der Waals surface area contributed by atoms with Crippen LogP contribution >= 0.6 is 11.6 Å². The summed E-state index contributed by atoms with van der Waals surface area (Å²) < 4.78 is 0. The van der Waals surface area contributed by atoms with Crippen molar-refractivity contribution in [3.63, 3.8) is 0 Å². The van der Waals surface area contributed by atoms with Gasteiger partial charge in [-0.1, -0.05) is 37.6 Å². The van der Waals surface area contributed by atoms with Gasteiger partial charge in [-0.2, -0.15) is 0 Å². The van der Waals surface area contributed by atoms with Crippen LogP contribution in [0.1, 0.15) is 26.7 Å². The van der Waals surface area contributed by atoms with Crippen LogP contribution in [0.2, 0.25) is 5.02 Å². The molecular formula is C19H26ClN3O3. The molecule has 6 nitrogen and oxygen atoms in total. The number of likely N-dealkylation sites (N-methyl/N-ethyl adjacent to an activating group) is 1. The molecule has 0 saturated carbocycles. The number of carbonyl (C=O) groups excluding carboxylic acids is 3. The van der Waals surface area contributed by atoms with Crippen LogP contribution < -0.4 is 5.32 Å². The van der Waals surface area contributed by atoms with Crippen LogP contribution in [0.3, 0.4) is 0 Å². The summed E-state index contributed by atoms with van der Waals surface area (Å²) in [5.74, 6) is -0.686. The highest BCUT2D eigenvalue weighted by molar-refractivity contribution is 6.33. The van der Waals surface area contributed by atoms with E-state index in [9.17, 15) is 14.4 Å². The van der Waals surface area contributed by atoms with Crippen molar-refractivity contribution < 1.29 is 14.4 Å². The van der Waals surface area contributed by atoms with E-state index >= 15 is 0 Å². The molecule has 1 heterocycles. The lowest BCUT2D eigenvalue weighted by Crippen LogP contribution is -2.48. The van der Waals surface area contributed by atoms with E-state index < -0.39 is 0 Å². The third-order valence-corrected chi connectivity index (χ3v) is 4.81. The quantitative estimate of drug-likeness (QED) is 0.854. The van der Waals surface area contributed by atoms with Gasteiger partial charge in [-0.3, -0.25) is 14.4 Å². The molecule has 142 valence electrons. The van der Waals surface area contributed by atoms with Gasteiger partial charge in [0.25, 0.3) is 0 Å². The molecule has 1 atom stereocenters. The standard InChI is InChI=1S/C19H26ClN3O3/c1-13(2)18(25)23-10-6-7-14(11-23)19(26)22(3)12-17(24)21-16-9-5-4-8-15(16)20/h4-5,8-9,13-14H,6-7,10-12H2,1-3H3,(H,21,24). The first-order valence-corrected chi connectivity index (χ1v) is 9.25. The molecule has 0 spiro atoms. The monoisotopic (exact) mass is 379 g/mol. The molecule has 0 aromatic heterocycles. The summed E-state index contributed by atoms with van der Waals surface area (Å²) in [7, 11) is 1.61. The maximum absolute atomic E-state index is 12.7. The third kappa shape index (κ3) is 5.21. The van der Waals surface area contributed by atoms with Crippen molar-refractivity contribution in [1.29, 1.82) is 0 Å². The SMILES string of the molecule is CC(C)C(=O)N1CCCC(C(=O)N(C)CC(=O)Nc2ccccc2Cl)C1. The van der Waals surface area contributed by atoms with Crippen molar-refractivity contribution in [3.05, 3.63) is 29.3 Å². The van der Waals surface area contributed by atoms with E-state index in [-0.39, 0.29) is 36.1 Å². The molecule has 3 amide bonds. The molecule has 1 saturated heterocycles. The van der Waals surface area contributed by atoms with Gasteiger partial charge in [0.2, 0.25) is 17.7 Å². The molecule has 26 heavy (non-hydrogen) atoms. The summed E-state index contributed by atoms with van der Waals surface area (Å²) >= 11 is 6.03. The second kappa shape index (κ2) is 9.03. The first-order chi connectivity index (χ1) is 12.3. The van der Waals surface area contributed by atoms with Gasteiger partial charge in [0, 0.05) is 26.1 Å². The Morgan fingerprint density at radius 3 is 2.65 bits per heavy atom. The summed E-state index contributed by atoms with van der Waals surface area (Å²) in [5.41, 5.74) is 0.520. The number of para-hydroxylation sites is 1. The topological polar surface area (TPSA) is 69.7 Å². The molecule has 1 aliphatic rings. The largest absolute Gasteiger partial charge is 0.342 e. The number of halogens is 1. The Hall–Kier alpha value is -2.08. The van der Waals surface area contributed by atoms with E-state index in [0.717, 1.165) is 12.8 Å². The Morgan fingerprint density at radius 2 is 2.00 bits per heavy atom. The van der Waals surface area contributed by atoms with E-state index in [1.165, 1.54) is 4.90 Å². The van der Waals surface area contributed by atoms with E-state index in [2.05, 4.69) is 5.32 Å². The van der Waals surface area contributed by atoms with Crippen molar-refractivity contribution in [1.82, 2.24) is 9.80 Å². The van der Waals surface area contributed by atoms with Crippen molar-refractivity contribution in [2.75, 3.05) is 32.0 Å². The number of hydrogen-bond donors (Lipinski definition) is 1. The van der Waals surface area contributed by atoms with E-state index in [0.29, 0.717) is 23.8 Å². The van der Waals surface area contributed by atoms with Crippen LogP contribution in [0.25, 0.3) is 0 Å². The molecule has 1 aliphatic heterocycles. The molecule has 1 aromatic carbocycles. The van der Waals surface area contributed by atoms with Gasteiger partial charge in [-0.25, -0.2) is 0 Å². The Balaban J connectivity index is 1.91. The maximum Gasteiger partial charge on any atom is 0.244 e. The van der Waals surface area contributed by atoms with E-state index in [1.807, 2.05) is 13.8 Å². The van der Waals surface area contributed by atoms with Gasteiger partial charge in [-0.15, -0.1) is 0 Å². The van der Waals surface area contributed by atoms with Crippen LogP contribution in [0.4, 0.5) is 5.69 Å². The minimum absolute atomic E-state index is 0.0569. The average molecular weight is 380 g/mol. The maximum atomic E-state index is 12.7. The molecule has 7 heteroatoms. The highest BCUT2D eigenvalue weighted by Gasteiger charge is 2.31. The first-order valence-electron chi connectivity index (χ1n) is 8.87. The molecular weight excluding hydrogens is 354 g/mol. The Labute approximate surface area is 159 Å². The lowest BCUT2D eigenvalue weighted by molar-refractivity contribution is -0.143. The number of piperidine rings is 1. The number of carbonyl (C=O) groups is 3. The molecule has 1 aromatic rings. The lowest BCUT2D eigenvalue weighted by atomic mass is 9.95. The Bertz CT molecular complexity index is 678. The second-order valence-corrected chi connectivity index (χ2v) is 7.41. The number of amides is 3. The Kier molecular flexibility index (Phi) is 7.03. The molecule has 1 N–H and O–H groups in total. The van der Waals surface area contributed by atoms with Crippen LogP contribution in [-0.2, 0) is 14.4 Å². The van der Waals surface area contributed by atoms with Crippen LogP contribution in [0.5, 0.6) is 0 Å². The van der Waals surface area contributed by atoms with Crippen LogP contribution in [0.15, 0.2) is 24.3 Å². The normalized spacial score (nSPS) is 17.1. The van der Waals surface area contributed by atoms with E-state index in [1.54, 1.807) is 36.2 Å². The van der Waals surface area contributed by atoms with Crippen LogP contribution in [-0.4, -0.2) is 54.2 Å². The molecule has 0 aliphatic carbocycles. The molecule has 1 fully saturated rings. The second-order valence-electron chi connectivity index (χ2n) is 7.00. The van der Waals surface area contributed by atoms with Crippen molar-refractivity contribution in [2.45, 2.75) is 26.7 Å². The van der Waals surface area contributed by atoms with Gasteiger partial charge >= 0.3 is 0 Å². The molecule has 1 unspecified atom stereocenters. The summed E-state index contributed by atoms with van der Waals surface area (Å²) in [6.07, 6.45) is 1.53. The zero-order valence-electron chi connectivity index (χ0n) is 15.5. The number of hydrogen-bond acceptors (Lipinski definition) is 3. The highest BCUT2D eigenvalue weighted by Crippen LogP contribution is 2.22. The zero-order chi connectivity index (χ0) is 19.3. The first kappa shape index (κ1) is 20.2. The number of nitrogens with one attached hydrogen (secondary N) is 1. The number of likely N-dealkylation sites (tertiary alicyclic amines) is 1. The average Bonchev–Trinajstić information content (AvgIpc) is 2.62. The fourth-order valence-corrected chi connectivity index (χ4v) is 3.28. The van der Waals surface area contributed by atoms with Crippen molar-refractivity contribution in [2.24, 2.45) is 11.8 Å². The number of nitrogens with zero attached hydrogens (tertiary/aromatic N) is 2. The van der Waals surface area contributed by atoms with Crippen molar-refractivity contribution >= 4 is 35.0 Å². The Morgan fingerprint density at radius 1 is 1.31 bits per heavy atom. The summed E-state index contributed by atoms with van der Waals surface area (Å²) in [5, 5.41) is 3.16. The highest BCUT2D eigenvalue weighted by atomic mass is 35.5. The third-order valence-electron chi connectivity index (χ3n) is 4.48. The number of anilines is 1. The number of rotatable bonds is 5. The fraction of sp³-hybridized carbons (Fsp3) is 0.526. The van der Waals surface area contributed by atoms with Gasteiger partial charge in [-0.05, 0) is 25.0 Å². The fourth-order valence-electron chi connectivity index (χ4n) is 3.10. The van der Waals surface area contributed by atoms with Gasteiger partial charge in [0.05, 0.1) is 23.2 Å². The van der Waals surface area contributed by atoms with Crippen molar-refractivity contribution in [3.8, 4) is 0 Å². The molecule has 0 radical (unpaired) electrons. The summed E-state index contributed by atoms with van der Waals surface area (Å²) in [6.45, 7) is 4.78. The summed E-state index contributed by atoms with van der Waals surface area (Å²) in [6, 6.07) is 6.95. The minimum Gasteiger partial charge on any atom is -0.342 e. The van der Waals surface area contributed by atoms with Gasteiger partial charge in [0.1, 0.15) is 0 Å². The van der Waals surface area contributed by atoms with Gasteiger partial charge in [0.15, 0.2) is 0 Å². The van der Waals surface area contributed by atoms with E-state index in [4.69, 9.17) is 11.6 Å². The summed E-state index contributed by atoms with van der Waals surface area (Å²) in [4.78, 5) is 40.2. The lowest BCUT2D eigenvalue weighted by Gasteiger charge is -2.34. The predicted molar refractivity (Wildman–Crippen MR) is 102 cm³/mol. The number of benzene rings is 1. The minimum atomic E-state index is -0.306. The predicted octanol–water partition coefficient (Wildman–Crippen LogP) is 2.63. The van der Waals surface area contributed by atoms with Gasteiger partial charge < -0.3 is 15.1 Å².